The minimum Gasteiger partial charge on any atom is -0.336 e. The molecule has 2 aliphatic rings. The summed E-state index contributed by atoms with van der Waals surface area (Å²) in [6, 6.07) is 0.971. The van der Waals surface area contributed by atoms with Gasteiger partial charge in [-0.05, 0) is 12.8 Å². The minimum atomic E-state index is -4.60. The van der Waals surface area contributed by atoms with Crippen molar-refractivity contribution in [3.05, 3.63) is 17.5 Å². The van der Waals surface area contributed by atoms with E-state index in [1.165, 1.54) is 11.9 Å². The highest BCUT2D eigenvalue weighted by Crippen LogP contribution is 2.29. The van der Waals surface area contributed by atoms with Gasteiger partial charge in [-0.3, -0.25) is 14.3 Å². The summed E-state index contributed by atoms with van der Waals surface area (Å²) < 4.78 is 39.0. The molecule has 1 aromatic heterocycles. The molecular formula is C15H19F3N4O2. The fourth-order valence-corrected chi connectivity index (χ4v) is 3.43. The van der Waals surface area contributed by atoms with E-state index in [1.807, 2.05) is 0 Å². The number of piperazine rings is 1. The van der Waals surface area contributed by atoms with E-state index in [-0.39, 0.29) is 24.2 Å². The van der Waals surface area contributed by atoms with E-state index >= 15 is 0 Å². The highest BCUT2D eigenvalue weighted by molar-refractivity contribution is 5.96. The SMILES string of the molecule is Cn1nc(C(F)(F)F)cc1C(=O)N1CCN(C2CCCC2)C(=O)C1. The van der Waals surface area contributed by atoms with Crippen LogP contribution in [0.2, 0.25) is 0 Å². The Morgan fingerprint density at radius 1 is 1.25 bits per heavy atom. The molecule has 2 fully saturated rings. The van der Waals surface area contributed by atoms with Crippen LogP contribution in [0.4, 0.5) is 13.2 Å². The smallest absolute Gasteiger partial charge is 0.336 e. The van der Waals surface area contributed by atoms with Crippen LogP contribution in [0.25, 0.3) is 0 Å². The lowest BCUT2D eigenvalue weighted by Gasteiger charge is -2.37. The molecule has 0 atom stereocenters. The van der Waals surface area contributed by atoms with Gasteiger partial charge in [-0.1, -0.05) is 12.8 Å². The highest BCUT2D eigenvalue weighted by atomic mass is 19.4. The molecule has 1 saturated carbocycles. The second-order valence-corrected chi connectivity index (χ2v) is 6.29. The van der Waals surface area contributed by atoms with Crippen molar-refractivity contribution in [3.8, 4) is 0 Å². The van der Waals surface area contributed by atoms with Gasteiger partial charge in [-0.2, -0.15) is 18.3 Å². The van der Waals surface area contributed by atoms with E-state index in [0.717, 1.165) is 36.4 Å². The Balaban J connectivity index is 1.71. The van der Waals surface area contributed by atoms with E-state index in [1.54, 1.807) is 4.90 Å². The third-order valence-corrected chi connectivity index (χ3v) is 4.70. The molecular weight excluding hydrogens is 325 g/mol. The molecule has 132 valence electrons. The summed E-state index contributed by atoms with van der Waals surface area (Å²) in [4.78, 5) is 27.9. The van der Waals surface area contributed by atoms with Crippen LogP contribution in [0.5, 0.6) is 0 Å². The fourth-order valence-electron chi connectivity index (χ4n) is 3.43. The summed E-state index contributed by atoms with van der Waals surface area (Å²) in [7, 11) is 1.29. The van der Waals surface area contributed by atoms with Crippen LogP contribution in [-0.4, -0.2) is 57.1 Å². The van der Waals surface area contributed by atoms with Crippen LogP contribution < -0.4 is 0 Å². The first kappa shape index (κ1) is 16.8. The summed E-state index contributed by atoms with van der Waals surface area (Å²) in [5, 5.41) is 3.34. The Labute approximate surface area is 137 Å². The number of hydrogen-bond donors (Lipinski definition) is 0. The maximum absolute atomic E-state index is 12.7. The van der Waals surface area contributed by atoms with Gasteiger partial charge < -0.3 is 9.80 Å². The molecule has 0 aromatic carbocycles. The Hall–Kier alpha value is -2.06. The lowest BCUT2D eigenvalue weighted by Crippen LogP contribution is -2.55. The van der Waals surface area contributed by atoms with Gasteiger partial charge in [0.1, 0.15) is 12.2 Å². The van der Waals surface area contributed by atoms with Gasteiger partial charge in [-0.25, -0.2) is 0 Å². The van der Waals surface area contributed by atoms with Gasteiger partial charge in [0.2, 0.25) is 5.91 Å². The molecule has 2 amide bonds. The molecule has 0 N–H and O–H groups in total. The molecule has 0 unspecified atom stereocenters. The zero-order chi connectivity index (χ0) is 17.5. The molecule has 0 radical (unpaired) electrons. The van der Waals surface area contributed by atoms with Crippen LogP contribution in [0.3, 0.4) is 0 Å². The molecule has 1 saturated heterocycles. The van der Waals surface area contributed by atoms with Crippen LogP contribution in [0.15, 0.2) is 6.07 Å². The minimum absolute atomic E-state index is 0.0954. The zero-order valence-corrected chi connectivity index (χ0v) is 13.3. The first-order valence-corrected chi connectivity index (χ1v) is 7.97. The number of carbonyl (C=O) groups is 2. The lowest BCUT2D eigenvalue weighted by molar-refractivity contribution is -0.141. The van der Waals surface area contributed by atoms with Crippen molar-refractivity contribution < 1.29 is 22.8 Å². The number of nitrogens with zero attached hydrogens (tertiary/aromatic N) is 4. The second-order valence-electron chi connectivity index (χ2n) is 6.29. The van der Waals surface area contributed by atoms with Crippen molar-refractivity contribution in [1.82, 2.24) is 19.6 Å². The summed E-state index contributed by atoms with van der Waals surface area (Å²) >= 11 is 0. The van der Waals surface area contributed by atoms with Crippen molar-refractivity contribution in [2.45, 2.75) is 37.9 Å². The van der Waals surface area contributed by atoms with Gasteiger partial charge >= 0.3 is 6.18 Å². The van der Waals surface area contributed by atoms with Crippen LogP contribution in [-0.2, 0) is 18.0 Å². The van der Waals surface area contributed by atoms with E-state index in [4.69, 9.17) is 0 Å². The standard InChI is InChI=1S/C15H19F3N4O2/c1-20-11(8-12(19-20)15(16,17)18)14(24)21-6-7-22(13(23)9-21)10-4-2-3-5-10/h8,10H,2-7,9H2,1H3. The van der Waals surface area contributed by atoms with Crippen molar-refractivity contribution >= 4 is 11.8 Å². The first-order valence-electron chi connectivity index (χ1n) is 7.97. The summed E-state index contributed by atoms with van der Waals surface area (Å²) in [5.74, 6) is -0.736. The van der Waals surface area contributed by atoms with E-state index in [9.17, 15) is 22.8 Å². The van der Waals surface area contributed by atoms with Crippen LogP contribution in [0.1, 0.15) is 41.9 Å². The molecule has 1 aromatic rings. The molecule has 24 heavy (non-hydrogen) atoms. The normalized spacial score (nSPS) is 20.1. The average Bonchev–Trinajstić information content (AvgIpc) is 3.15. The molecule has 1 aliphatic carbocycles. The van der Waals surface area contributed by atoms with E-state index in [2.05, 4.69) is 5.10 Å². The molecule has 9 heteroatoms. The molecule has 0 bridgehead atoms. The number of halogens is 3. The topological polar surface area (TPSA) is 58.4 Å². The quantitative estimate of drug-likeness (QED) is 0.820. The molecule has 1 aliphatic heterocycles. The van der Waals surface area contributed by atoms with Crippen molar-refractivity contribution in [2.75, 3.05) is 19.6 Å². The second kappa shape index (κ2) is 6.10. The predicted octanol–water partition coefficient (Wildman–Crippen LogP) is 1.67. The van der Waals surface area contributed by atoms with Crippen LogP contribution in [0, 0.1) is 0 Å². The van der Waals surface area contributed by atoms with Gasteiger partial charge in [-0.15, -0.1) is 0 Å². The molecule has 2 heterocycles. The van der Waals surface area contributed by atoms with Crippen molar-refractivity contribution in [3.63, 3.8) is 0 Å². The molecule has 3 rings (SSSR count). The van der Waals surface area contributed by atoms with Gasteiger partial charge in [0.15, 0.2) is 5.69 Å². The third kappa shape index (κ3) is 3.11. The monoisotopic (exact) mass is 344 g/mol. The Kier molecular flexibility index (Phi) is 4.27. The predicted molar refractivity (Wildman–Crippen MR) is 78.1 cm³/mol. The van der Waals surface area contributed by atoms with Gasteiger partial charge in [0.05, 0.1) is 0 Å². The largest absolute Gasteiger partial charge is 0.435 e. The summed E-state index contributed by atoms with van der Waals surface area (Å²) in [6.07, 6.45) is -0.432. The average molecular weight is 344 g/mol. The third-order valence-electron chi connectivity index (χ3n) is 4.70. The Morgan fingerprint density at radius 2 is 1.92 bits per heavy atom. The Morgan fingerprint density at radius 3 is 2.46 bits per heavy atom. The number of amides is 2. The fraction of sp³-hybridized carbons (Fsp3) is 0.667. The first-order chi connectivity index (χ1) is 11.3. The van der Waals surface area contributed by atoms with Crippen molar-refractivity contribution in [1.29, 1.82) is 0 Å². The number of alkyl halides is 3. The maximum Gasteiger partial charge on any atom is 0.435 e. The number of aromatic nitrogens is 2. The zero-order valence-electron chi connectivity index (χ0n) is 13.3. The number of carbonyl (C=O) groups excluding carboxylic acids is 2. The summed E-state index contributed by atoms with van der Waals surface area (Å²) in [5.41, 5.74) is -1.27. The van der Waals surface area contributed by atoms with Crippen molar-refractivity contribution in [2.24, 2.45) is 7.05 Å². The lowest BCUT2D eigenvalue weighted by atomic mass is 10.1. The van der Waals surface area contributed by atoms with Gasteiger partial charge in [0, 0.05) is 32.2 Å². The van der Waals surface area contributed by atoms with E-state index < -0.39 is 17.8 Å². The van der Waals surface area contributed by atoms with Crippen LogP contribution >= 0.6 is 0 Å². The number of hydrogen-bond acceptors (Lipinski definition) is 3. The number of aryl methyl sites for hydroxylation is 1. The Bertz CT molecular complexity index is 650. The molecule has 6 nitrogen and oxygen atoms in total. The summed E-state index contributed by atoms with van der Waals surface area (Å²) in [6.45, 7) is 0.661. The highest BCUT2D eigenvalue weighted by Gasteiger charge is 2.37. The van der Waals surface area contributed by atoms with Gasteiger partial charge in [0.25, 0.3) is 5.91 Å². The van der Waals surface area contributed by atoms with E-state index in [0.29, 0.717) is 13.1 Å². The molecule has 0 spiro atoms. The number of rotatable bonds is 2. The maximum atomic E-state index is 12.7.